The number of Topliss-reactive ketones (excluding diaryl/α,β-unsaturated/α-hetero) is 1. The number of non-ortho nitro benzene ring substituents is 1. The van der Waals surface area contributed by atoms with Gasteiger partial charge in [-0.25, -0.2) is 0 Å². The molecule has 0 saturated heterocycles. The van der Waals surface area contributed by atoms with Gasteiger partial charge in [-0.15, -0.1) is 0 Å². The summed E-state index contributed by atoms with van der Waals surface area (Å²) in [4.78, 5) is 46.7. The number of nitrogens with zero attached hydrogens (tertiary/aromatic N) is 1. The van der Waals surface area contributed by atoms with Crippen LogP contribution in [-0.2, 0) is 14.3 Å². The van der Waals surface area contributed by atoms with Gasteiger partial charge in [-0.2, -0.15) is 0 Å². The average Bonchev–Trinajstić information content (AvgIpc) is 2.69. The van der Waals surface area contributed by atoms with Gasteiger partial charge in [0.1, 0.15) is 0 Å². The number of ketones is 1. The predicted molar refractivity (Wildman–Crippen MR) is 112 cm³/mol. The topological polar surface area (TPSA) is 116 Å². The van der Waals surface area contributed by atoms with E-state index in [4.69, 9.17) is 16.3 Å². The van der Waals surface area contributed by atoms with Gasteiger partial charge in [0.25, 0.3) is 11.6 Å². The van der Waals surface area contributed by atoms with E-state index in [-0.39, 0.29) is 35.0 Å². The Hall–Kier alpha value is -3.26. The number of nitrogens with one attached hydrogen (secondary N) is 1. The maximum atomic E-state index is 12.2. The molecule has 2 rings (SSSR count). The lowest BCUT2D eigenvalue weighted by atomic mass is 10.0. The number of hydrogen-bond donors (Lipinski definition) is 1. The van der Waals surface area contributed by atoms with Crippen LogP contribution in [0.2, 0.25) is 5.02 Å². The molecule has 0 aromatic heterocycles. The Morgan fingerprint density at radius 3 is 2.43 bits per heavy atom. The summed E-state index contributed by atoms with van der Waals surface area (Å²) >= 11 is 5.94. The summed E-state index contributed by atoms with van der Waals surface area (Å²) in [7, 11) is 0. The van der Waals surface area contributed by atoms with Crippen molar-refractivity contribution in [1.82, 2.24) is 0 Å². The Morgan fingerprint density at radius 1 is 1.10 bits per heavy atom. The van der Waals surface area contributed by atoms with Crippen LogP contribution in [0, 0.1) is 24.0 Å². The van der Waals surface area contributed by atoms with E-state index in [9.17, 15) is 24.5 Å². The Bertz CT molecular complexity index is 1000. The summed E-state index contributed by atoms with van der Waals surface area (Å²) in [6, 6.07) is 8.90. The van der Waals surface area contributed by atoms with Crippen LogP contribution in [0.3, 0.4) is 0 Å². The van der Waals surface area contributed by atoms with Gasteiger partial charge in [0.05, 0.1) is 22.1 Å². The molecule has 0 aliphatic heterocycles. The Balaban J connectivity index is 1.90. The van der Waals surface area contributed by atoms with E-state index in [1.807, 2.05) is 19.9 Å². The summed E-state index contributed by atoms with van der Waals surface area (Å²) in [5.41, 5.74) is 2.34. The summed E-state index contributed by atoms with van der Waals surface area (Å²) in [6.07, 6.45) is -1.41. The van der Waals surface area contributed by atoms with Crippen molar-refractivity contribution in [3.8, 4) is 0 Å². The minimum atomic E-state index is -1.18. The van der Waals surface area contributed by atoms with Gasteiger partial charge >= 0.3 is 5.97 Å². The molecule has 2 aromatic rings. The van der Waals surface area contributed by atoms with Crippen LogP contribution in [0.1, 0.15) is 41.3 Å². The first-order chi connectivity index (χ1) is 14.1. The number of hydrogen-bond acceptors (Lipinski definition) is 6. The van der Waals surface area contributed by atoms with Gasteiger partial charge in [0.15, 0.2) is 11.9 Å². The zero-order chi connectivity index (χ0) is 22.4. The number of benzene rings is 2. The summed E-state index contributed by atoms with van der Waals surface area (Å²) in [5.74, 6) is -1.61. The van der Waals surface area contributed by atoms with Gasteiger partial charge in [0, 0.05) is 24.1 Å². The molecule has 1 amide bonds. The Labute approximate surface area is 178 Å². The molecular weight excluding hydrogens is 412 g/mol. The van der Waals surface area contributed by atoms with Crippen molar-refractivity contribution < 1.29 is 24.0 Å². The van der Waals surface area contributed by atoms with Crippen LogP contribution in [0.5, 0.6) is 0 Å². The van der Waals surface area contributed by atoms with Crippen molar-refractivity contribution in [2.75, 3.05) is 5.32 Å². The van der Waals surface area contributed by atoms with Crippen LogP contribution in [-0.4, -0.2) is 28.7 Å². The van der Waals surface area contributed by atoms with Crippen molar-refractivity contribution in [1.29, 1.82) is 0 Å². The number of esters is 1. The maximum Gasteiger partial charge on any atom is 0.307 e. The summed E-state index contributed by atoms with van der Waals surface area (Å²) < 4.78 is 5.05. The zero-order valence-electron chi connectivity index (χ0n) is 16.7. The molecule has 30 heavy (non-hydrogen) atoms. The summed E-state index contributed by atoms with van der Waals surface area (Å²) in [6.45, 7) is 5.19. The third-order valence-electron chi connectivity index (χ3n) is 4.48. The molecule has 0 radical (unpaired) electrons. The number of nitro benzene ring substituents is 1. The first-order valence-corrected chi connectivity index (χ1v) is 9.51. The Morgan fingerprint density at radius 2 is 1.80 bits per heavy atom. The van der Waals surface area contributed by atoms with E-state index in [2.05, 4.69) is 5.32 Å². The minimum absolute atomic E-state index is 0.0312. The summed E-state index contributed by atoms with van der Waals surface area (Å²) in [5, 5.41) is 13.3. The number of ether oxygens (including phenoxy) is 1. The molecule has 0 aliphatic rings. The molecule has 0 spiro atoms. The van der Waals surface area contributed by atoms with Crippen LogP contribution in [0.15, 0.2) is 36.4 Å². The highest BCUT2D eigenvalue weighted by Gasteiger charge is 2.21. The molecule has 2 aromatic carbocycles. The van der Waals surface area contributed by atoms with Crippen molar-refractivity contribution in [3.63, 3.8) is 0 Å². The predicted octanol–water partition coefficient (Wildman–Crippen LogP) is 4.40. The van der Waals surface area contributed by atoms with Gasteiger partial charge in [-0.1, -0.05) is 23.7 Å². The number of aryl methyl sites for hydroxylation is 2. The number of nitro groups is 1. The first-order valence-electron chi connectivity index (χ1n) is 9.13. The van der Waals surface area contributed by atoms with Gasteiger partial charge < -0.3 is 10.1 Å². The molecule has 0 aliphatic carbocycles. The lowest BCUT2D eigenvalue weighted by molar-refractivity contribution is -0.384. The minimum Gasteiger partial charge on any atom is -0.453 e. The molecule has 0 fully saturated rings. The number of carbonyl (C=O) groups excluding carboxylic acids is 3. The fourth-order valence-corrected chi connectivity index (χ4v) is 2.71. The average molecular weight is 433 g/mol. The number of carbonyl (C=O) groups is 3. The second-order valence-corrected chi connectivity index (χ2v) is 7.17. The molecule has 0 bridgehead atoms. The van der Waals surface area contributed by atoms with Crippen molar-refractivity contribution in [2.24, 2.45) is 0 Å². The van der Waals surface area contributed by atoms with Crippen LogP contribution in [0.25, 0.3) is 0 Å². The Kier molecular flexibility index (Phi) is 7.66. The van der Waals surface area contributed by atoms with E-state index in [0.29, 0.717) is 5.56 Å². The van der Waals surface area contributed by atoms with Crippen LogP contribution < -0.4 is 5.32 Å². The molecule has 158 valence electrons. The highest BCUT2D eigenvalue weighted by Crippen LogP contribution is 2.27. The normalized spacial score (nSPS) is 11.5. The standard InChI is InChI=1S/C21H21ClN2O6/c1-12-4-5-15(10-13(12)2)19(25)8-9-20(26)30-14(3)21(27)23-18-11-16(24(28)29)6-7-17(18)22/h4-7,10-11,14H,8-9H2,1-3H3,(H,23,27). The van der Waals surface area contributed by atoms with Crippen molar-refractivity contribution in [3.05, 3.63) is 68.2 Å². The quantitative estimate of drug-likeness (QED) is 0.286. The van der Waals surface area contributed by atoms with E-state index in [0.717, 1.165) is 17.2 Å². The van der Waals surface area contributed by atoms with Crippen molar-refractivity contribution >= 4 is 40.6 Å². The van der Waals surface area contributed by atoms with E-state index >= 15 is 0 Å². The fraction of sp³-hybridized carbons (Fsp3) is 0.286. The maximum absolute atomic E-state index is 12.2. The fourth-order valence-electron chi connectivity index (χ4n) is 2.54. The third-order valence-corrected chi connectivity index (χ3v) is 4.81. The number of halogens is 1. The van der Waals surface area contributed by atoms with Gasteiger partial charge in [0.2, 0.25) is 0 Å². The van der Waals surface area contributed by atoms with Gasteiger partial charge in [-0.3, -0.25) is 24.5 Å². The zero-order valence-corrected chi connectivity index (χ0v) is 17.5. The second-order valence-electron chi connectivity index (χ2n) is 6.76. The number of rotatable bonds is 8. The third kappa shape index (κ3) is 6.12. The molecule has 0 saturated carbocycles. The van der Waals surface area contributed by atoms with E-state index < -0.39 is 22.9 Å². The van der Waals surface area contributed by atoms with E-state index in [1.165, 1.54) is 19.1 Å². The molecule has 1 N–H and O–H groups in total. The van der Waals surface area contributed by atoms with Crippen molar-refractivity contribution in [2.45, 2.75) is 39.7 Å². The molecule has 0 heterocycles. The first kappa shape index (κ1) is 23.0. The van der Waals surface area contributed by atoms with Crippen LogP contribution >= 0.6 is 11.6 Å². The smallest absolute Gasteiger partial charge is 0.307 e. The largest absolute Gasteiger partial charge is 0.453 e. The SMILES string of the molecule is Cc1ccc(C(=O)CCC(=O)OC(C)C(=O)Nc2cc([N+](=O)[O-])ccc2Cl)cc1C. The highest BCUT2D eigenvalue weighted by molar-refractivity contribution is 6.33. The molecule has 1 atom stereocenters. The second kappa shape index (κ2) is 9.98. The molecule has 1 unspecified atom stereocenters. The van der Waals surface area contributed by atoms with E-state index in [1.54, 1.807) is 12.1 Å². The monoisotopic (exact) mass is 432 g/mol. The molecular formula is C21H21ClN2O6. The lowest BCUT2D eigenvalue weighted by Gasteiger charge is -2.14. The highest BCUT2D eigenvalue weighted by atomic mass is 35.5. The van der Waals surface area contributed by atoms with Gasteiger partial charge in [-0.05, 0) is 44.0 Å². The molecule has 9 heteroatoms. The number of amides is 1. The van der Waals surface area contributed by atoms with Crippen LogP contribution in [0.4, 0.5) is 11.4 Å². The number of anilines is 1. The molecule has 8 nitrogen and oxygen atoms in total. The lowest BCUT2D eigenvalue weighted by Crippen LogP contribution is -2.30.